The third kappa shape index (κ3) is 3.58. The Morgan fingerprint density at radius 1 is 0.679 bits per heavy atom. The number of halogens is 3. The number of aryl methyl sites for hydroxylation is 3. The lowest BCUT2D eigenvalue weighted by molar-refractivity contribution is 0.509. The molecule has 3 aromatic carbocycles. The van der Waals surface area contributed by atoms with E-state index in [1.807, 2.05) is 0 Å². The number of unbranched alkanes of at least 4 members (excludes halogenated alkanes) is 2. The molecule has 0 N–H and O–H groups in total. The maximum absolute atomic E-state index is 14.9. The number of hydrogen-bond acceptors (Lipinski definition) is 0. The van der Waals surface area contributed by atoms with Crippen molar-refractivity contribution in [2.45, 2.75) is 45.4 Å². The van der Waals surface area contributed by atoms with Crippen molar-refractivity contribution >= 4 is 0 Å². The van der Waals surface area contributed by atoms with Crippen LogP contribution in [0.5, 0.6) is 0 Å². The molecule has 0 atom stereocenters. The van der Waals surface area contributed by atoms with Gasteiger partial charge in [-0.15, -0.1) is 0 Å². The van der Waals surface area contributed by atoms with Crippen molar-refractivity contribution in [3.63, 3.8) is 0 Å². The second kappa shape index (κ2) is 7.83. The number of benzene rings is 3. The molecule has 0 spiro atoms. The molecule has 28 heavy (non-hydrogen) atoms. The molecule has 1 aliphatic rings. The van der Waals surface area contributed by atoms with Crippen LogP contribution in [0.25, 0.3) is 22.3 Å². The van der Waals surface area contributed by atoms with Gasteiger partial charge in [0.1, 0.15) is 5.82 Å². The molecule has 0 saturated heterocycles. The van der Waals surface area contributed by atoms with Gasteiger partial charge in [0.2, 0.25) is 0 Å². The first-order valence-corrected chi connectivity index (χ1v) is 9.97. The zero-order valence-corrected chi connectivity index (χ0v) is 16.0. The molecule has 0 heterocycles. The second-order valence-corrected chi connectivity index (χ2v) is 7.57. The van der Waals surface area contributed by atoms with Crippen molar-refractivity contribution < 1.29 is 13.2 Å². The highest BCUT2D eigenvalue weighted by molar-refractivity contribution is 5.78. The summed E-state index contributed by atoms with van der Waals surface area (Å²) in [4.78, 5) is 0. The quantitative estimate of drug-likeness (QED) is 0.408. The van der Waals surface area contributed by atoms with Crippen LogP contribution in [0.4, 0.5) is 13.2 Å². The smallest absolute Gasteiger partial charge is 0.159 e. The minimum absolute atomic E-state index is 0.317. The summed E-state index contributed by atoms with van der Waals surface area (Å²) in [6.07, 6.45) is 6.44. The maximum Gasteiger partial charge on any atom is 0.159 e. The zero-order chi connectivity index (χ0) is 19.7. The monoisotopic (exact) mass is 380 g/mol. The van der Waals surface area contributed by atoms with E-state index in [4.69, 9.17) is 0 Å². The van der Waals surface area contributed by atoms with E-state index in [1.165, 1.54) is 36.5 Å². The molecule has 0 unspecified atom stereocenters. The number of hydrogen-bond donors (Lipinski definition) is 0. The molecule has 3 heteroatoms. The van der Waals surface area contributed by atoms with Gasteiger partial charge in [-0.2, -0.15) is 0 Å². The van der Waals surface area contributed by atoms with Gasteiger partial charge in [0, 0.05) is 5.56 Å². The van der Waals surface area contributed by atoms with E-state index < -0.39 is 17.5 Å². The Labute approximate surface area is 164 Å². The highest BCUT2D eigenvalue weighted by atomic mass is 19.2. The molecular formula is C25H23F3. The van der Waals surface area contributed by atoms with Gasteiger partial charge in [-0.05, 0) is 83.3 Å². The third-order valence-corrected chi connectivity index (χ3v) is 5.62. The van der Waals surface area contributed by atoms with Gasteiger partial charge in [0.05, 0.1) is 0 Å². The fourth-order valence-corrected chi connectivity index (χ4v) is 4.08. The van der Waals surface area contributed by atoms with E-state index >= 15 is 0 Å². The van der Waals surface area contributed by atoms with Crippen LogP contribution < -0.4 is 0 Å². The van der Waals surface area contributed by atoms with Gasteiger partial charge in [0.25, 0.3) is 0 Å². The molecule has 0 amide bonds. The predicted octanol–water partition coefficient (Wildman–Crippen LogP) is 7.27. The molecule has 1 aliphatic carbocycles. The fourth-order valence-electron chi connectivity index (χ4n) is 4.08. The van der Waals surface area contributed by atoms with Gasteiger partial charge in [-0.3, -0.25) is 0 Å². The van der Waals surface area contributed by atoms with Crippen molar-refractivity contribution in [1.29, 1.82) is 0 Å². The minimum Gasteiger partial charge on any atom is -0.206 e. The summed E-state index contributed by atoms with van der Waals surface area (Å²) in [7, 11) is 0. The largest absolute Gasteiger partial charge is 0.206 e. The lowest BCUT2D eigenvalue weighted by Crippen LogP contribution is -2.06. The average Bonchev–Trinajstić information content (AvgIpc) is 2.69. The molecule has 4 rings (SSSR count). The van der Waals surface area contributed by atoms with Crippen molar-refractivity contribution in [2.75, 3.05) is 0 Å². The summed E-state index contributed by atoms with van der Waals surface area (Å²) >= 11 is 0. The van der Waals surface area contributed by atoms with E-state index in [-0.39, 0.29) is 0 Å². The molecule has 0 nitrogen and oxygen atoms in total. The van der Waals surface area contributed by atoms with Gasteiger partial charge in [-0.1, -0.05) is 44.0 Å². The van der Waals surface area contributed by atoms with Crippen LogP contribution in [0, 0.1) is 17.5 Å². The summed E-state index contributed by atoms with van der Waals surface area (Å²) in [6, 6.07) is 13.3. The van der Waals surface area contributed by atoms with Crippen LogP contribution in [0.2, 0.25) is 0 Å². The van der Waals surface area contributed by atoms with Gasteiger partial charge in [0.15, 0.2) is 11.6 Å². The summed E-state index contributed by atoms with van der Waals surface area (Å²) in [5.74, 6) is -2.30. The molecule has 0 aromatic heterocycles. The summed E-state index contributed by atoms with van der Waals surface area (Å²) in [5, 5.41) is 0. The Kier molecular flexibility index (Phi) is 5.25. The first-order chi connectivity index (χ1) is 13.6. The summed E-state index contributed by atoms with van der Waals surface area (Å²) < 4.78 is 41.7. The SMILES string of the molecule is CCCCCc1ccc2c(c1)CCc1cc(-c3ccc(F)c(F)c3)c(F)cc1-2. The Hall–Kier alpha value is -2.55. The van der Waals surface area contributed by atoms with Crippen LogP contribution in [0.1, 0.15) is 42.9 Å². The maximum atomic E-state index is 14.9. The standard InChI is InChI=1S/C25H23F3/c1-2-3-4-5-16-6-10-20-17(12-16)7-8-18-13-22(24(27)15-21(18)20)19-9-11-23(26)25(28)14-19/h6,9-15H,2-5,7-8H2,1H3. The van der Waals surface area contributed by atoms with E-state index in [9.17, 15) is 13.2 Å². The minimum atomic E-state index is -0.962. The van der Waals surface area contributed by atoms with Gasteiger partial charge < -0.3 is 0 Å². The Morgan fingerprint density at radius 2 is 1.46 bits per heavy atom. The fraction of sp³-hybridized carbons (Fsp3) is 0.280. The molecule has 0 saturated carbocycles. The van der Waals surface area contributed by atoms with E-state index in [0.29, 0.717) is 11.1 Å². The molecule has 0 bridgehead atoms. The van der Waals surface area contributed by atoms with Crippen LogP contribution in [-0.4, -0.2) is 0 Å². The highest BCUT2D eigenvalue weighted by Crippen LogP contribution is 2.38. The number of fused-ring (bicyclic) bond motifs is 3. The Bertz CT molecular complexity index is 1020. The van der Waals surface area contributed by atoms with E-state index in [1.54, 1.807) is 12.1 Å². The third-order valence-electron chi connectivity index (χ3n) is 5.62. The Balaban J connectivity index is 1.69. The van der Waals surface area contributed by atoms with Crippen molar-refractivity contribution in [2.24, 2.45) is 0 Å². The molecule has 0 aliphatic heterocycles. The van der Waals surface area contributed by atoms with Crippen molar-refractivity contribution in [1.82, 2.24) is 0 Å². The van der Waals surface area contributed by atoms with Crippen LogP contribution in [0.15, 0.2) is 48.5 Å². The van der Waals surface area contributed by atoms with Crippen molar-refractivity contribution in [3.05, 3.63) is 82.7 Å². The zero-order valence-electron chi connectivity index (χ0n) is 16.0. The Morgan fingerprint density at radius 3 is 2.21 bits per heavy atom. The normalized spacial score (nSPS) is 12.6. The van der Waals surface area contributed by atoms with E-state index in [2.05, 4.69) is 25.1 Å². The molecule has 144 valence electrons. The number of rotatable bonds is 5. The lowest BCUT2D eigenvalue weighted by atomic mass is 9.83. The lowest BCUT2D eigenvalue weighted by Gasteiger charge is -2.22. The van der Waals surface area contributed by atoms with Crippen LogP contribution in [0.3, 0.4) is 0 Å². The topological polar surface area (TPSA) is 0 Å². The second-order valence-electron chi connectivity index (χ2n) is 7.57. The van der Waals surface area contributed by atoms with Crippen molar-refractivity contribution in [3.8, 4) is 22.3 Å². The van der Waals surface area contributed by atoms with E-state index in [0.717, 1.165) is 48.1 Å². The summed E-state index contributed by atoms with van der Waals surface area (Å²) in [6.45, 7) is 2.20. The van der Waals surface area contributed by atoms with Crippen LogP contribution >= 0.6 is 0 Å². The molecule has 0 fully saturated rings. The van der Waals surface area contributed by atoms with Crippen LogP contribution in [-0.2, 0) is 19.3 Å². The highest BCUT2D eigenvalue weighted by Gasteiger charge is 2.20. The predicted molar refractivity (Wildman–Crippen MR) is 108 cm³/mol. The first-order valence-electron chi connectivity index (χ1n) is 9.97. The van der Waals surface area contributed by atoms with Gasteiger partial charge >= 0.3 is 0 Å². The molecule has 3 aromatic rings. The first kappa shape index (κ1) is 18.8. The molecular weight excluding hydrogens is 357 g/mol. The van der Waals surface area contributed by atoms with Gasteiger partial charge in [-0.25, -0.2) is 13.2 Å². The molecule has 0 radical (unpaired) electrons. The summed E-state index contributed by atoms with van der Waals surface area (Å²) in [5.41, 5.74) is 6.32. The average molecular weight is 380 g/mol.